The number of rotatable bonds is 4. The summed E-state index contributed by atoms with van der Waals surface area (Å²) in [6.45, 7) is 6.30. The van der Waals surface area contributed by atoms with E-state index in [-0.39, 0.29) is 11.1 Å². The molecule has 1 saturated carbocycles. The number of aryl methyl sites for hydroxylation is 1. The molecule has 1 heterocycles. The number of sulfonamides is 1. The van der Waals surface area contributed by atoms with Crippen LogP contribution in [0.5, 0.6) is 0 Å². The van der Waals surface area contributed by atoms with E-state index in [0.29, 0.717) is 24.1 Å². The van der Waals surface area contributed by atoms with Gasteiger partial charge in [-0.15, -0.1) is 0 Å². The van der Waals surface area contributed by atoms with Crippen LogP contribution in [-0.2, 0) is 16.4 Å². The first kappa shape index (κ1) is 14.5. The summed E-state index contributed by atoms with van der Waals surface area (Å²) in [4.78, 5) is 6.90. The summed E-state index contributed by atoms with van der Waals surface area (Å²) in [6.07, 6.45) is 5.11. The first-order valence-corrected chi connectivity index (χ1v) is 8.45. The Kier molecular flexibility index (Phi) is 4.30. The van der Waals surface area contributed by atoms with Gasteiger partial charge in [-0.1, -0.05) is 20.8 Å². The summed E-state index contributed by atoms with van der Waals surface area (Å²) < 4.78 is 27.3. The van der Waals surface area contributed by atoms with Crippen LogP contribution in [0.3, 0.4) is 0 Å². The smallest absolute Gasteiger partial charge is 0.257 e. The first-order valence-electron chi connectivity index (χ1n) is 6.97. The van der Waals surface area contributed by atoms with Crippen LogP contribution in [0.15, 0.2) is 11.2 Å². The van der Waals surface area contributed by atoms with Gasteiger partial charge in [0.05, 0.1) is 6.20 Å². The van der Waals surface area contributed by atoms with Crippen LogP contribution in [0.25, 0.3) is 0 Å². The average Bonchev–Trinajstić information content (AvgIpc) is 2.75. The third-order valence-corrected chi connectivity index (χ3v) is 5.16. The highest BCUT2D eigenvalue weighted by atomic mass is 32.2. The number of aromatic nitrogens is 2. The third-order valence-electron chi connectivity index (χ3n) is 3.73. The predicted molar refractivity (Wildman–Crippen MR) is 74.3 cm³/mol. The summed E-state index contributed by atoms with van der Waals surface area (Å²) in [5.41, 5.74) is 0. The molecule has 1 aliphatic rings. The van der Waals surface area contributed by atoms with E-state index in [1.165, 1.54) is 12.6 Å². The molecule has 0 aliphatic heterocycles. The summed E-state index contributed by atoms with van der Waals surface area (Å²) in [5.74, 6) is 1.85. The van der Waals surface area contributed by atoms with Crippen LogP contribution in [0.1, 0.15) is 45.9 Å². The Morgan fingerprint density at radius 3 is 2.47 bits per heavy atom. The second kappa shape index (κ2) is 5.63. The van der Waals surface area contributed by atoms with Crippen molar-refractivity contribution in [3.8, 4) is 0 Å². The zero-order valence-corrected chi connectivity index (χ0v) is 12.6. The number of nitrogens with zero attached hydrogens (tertiary/aromatic N) is 1. The Balaban J connectivity index is 2.08. The molecule has 2 unspecified atom stereocenters. The second-order valence-corrected chi connectivity index (χ2v) is 7.47. The van der Waals surface area contributed by atoms with Gasteiger partial charge in [0.15, 0.2) is 5.03 Å². The molecule has 0 aromatic carbocycles. The molecule has 19 heavy (non-hydrogen) atoms. The molecule has 1 fully saturated rings. The maximum absolute atomic E-state index is 12.3. The highest BCUT2D eigenvalue weighted by Crippen LogP contribution is 2.29. The second-order valence-electron chi connectivity index (χ2n) is 5.78. The molecule has 2 atom stereocenters. The third kappa shape index (κ3) is 3.57. The molecule has 0 bridgehead atoms. The first-order chi connectivity index (χ1) is 8.90. The molecule has 108 valence electrons. The molecule has 1 aromatic heterocycles. The van der Waals surface area contributed by atoms with Crippen molar-refractivity contribution in [2.75, 3.05) is 0 Å². The van der Waals surface area contributed by atoms with Crippen molar-refractivity contribution in [2.24, 2.45) is 11.8 Å². The minimum atomic E-state index is -3.46. The summed E-state index contributed by atoms with van der Waals surface area (Å²) in [6, 6.07) is 0.0390. The number of hydrogen-bond donors (Lipinski definition) is 2. The van der Waals surface area contributed by atoms with Gasteiger partial charge in [-0.2, -0.15) is 0 Å². The Morgan fingerprint density at radius 2 is 1.95 bits per heavy atom. The zero-order valence-electron chi connectivity index (χ0n) is 11.8. The Morgan fingerprint density at radius 1 is 1.32 bits per heavy atom. The predicted octanol–water partition coefficient (Wildman–Crippen LogP) is 2.08. The van der Waals surface area contributed by atoms with Gasteiger partial charge in [-0.25, -0.2) is 18.1 Å². The fourth-order valence-electron chi connectivity index (χ4n) is 2.99. The minimum absolute atomic E-state index is 0.0390. The SMILES string of the molecule is CCc1ncc(S(=O)(=O)NC2CC(C)CC(C)C2)[nH]1. The van der Waals surface area contributed by atoms with Gasteiger partial charge >= 0.3 is 0 Å². The largest absolute Gasteiger partial charge is 0.332 e. The summed E-state index contributed by atoms with van der Waals surface area (Å²) >= 11 is 0. The van der Waals surface area contributed by atoms with Gasteiger partial charge in [-0.05, 0) is 31.1 Å². The number of nitrogens with one attached hydrogen (secondary N) is 2. The molecule has 1 aromatic rings. The van der Waals surface area contributed by atoms with Gasteiger partial charge in [0.25, 0.3) is 10.0 Å². The Hall–Kier alpha value is -0.880. The topological polar surface area (TPSA) is 74.8 Å². The van der Waals surface area contributed by atoms with Crippen molar-refractivity contribution in [1.29, 1.82) is 0 Å². The maximum atomic E-state index is 12.3. The van der Waals surface area contributed by atoms with Gasteiger partial charge in [-0.3, -0.25) is 0 Å². The maximum Gasteiger partial charge on any atom is 0.257 e. The van der Waals surface area contributed by atoms with Crippen LogP contribution >= 0.6 is 0 Å². The quantitative estimate of drug-likeness (QED) is 0.889. The van der Waals surface area contributed by atoms with E-state index in [1.54, 1.807) is 0 Å². The molecule has 0 saturated heterocycles. The van der Waals surface area contributed by atoms with E-state index < -0.39 is 10.0 Å². The Bertz CT molecular complexity index is 514. The standard InChI is InChI=1S/C13H23N3O2S/c1-4-12-14-8-13(15-12)19(17,18)16-11-6-9(2)5-10(3)7-11/h8-11,16H,4-7H2,1-3H3,(H,14,15). The van der Waals surface area contributed by atoms with Gasteiger partial charge in [0.2, 0.25) is 0 Å². The van der Waals surface area contributed by atoms with Crippen LogP contribution in [0.4, 0.5) is 0 Å². The lowest BCUT2D eigenvalue weighted by Gasteiger charge is -2.31. The molecular weight excluding hydrogens is 262 g/mol. The summed E-state index contributed by atoms with van der Waals surface area (Å²) in [7, 11) is -3.46. The molecule has 2 rings (SSSR count). The van der Waals surface area contributed by atoms with E-state index in [1.807, 2.05) is 6.92 Å². The molecule has 0 amide bonds. The van der Waals surface area contributed by atoms with Crippen LogP contribution in [0.2, 0.25) is 0 Å². The van der Waals surface area contributed by atoms with Gasteiger partial charge in [0.1, 0.15) is 5.82 Å². The molecule has 5 nitrogen and oxygen atoms in total. The minimum Gasteiger partial charge on any atom is -0.332 e. The number of H-pyrrole nitrogens is 1. The lowest BCUT2D eigenvalue weighted by Crippen LogP contribution is -2.40. The molecule has 0 spiro atoms. The van der Waals surface area contributed by atoms with Gasteiger partial charge in [0, 0.05) is 12.5 Å². The molecule has 0 radical (unpaired) electrons. The van der Waals surface area contributed by atoms with E-state index in [2.05, 4.69) is 28.5 Å². The van der Waals surface area contributed by atoms with Crippen molar-refractivity contribution >= 4 is 10.0 Å². The van der Waals surface area contributed by atoms with Crippen molar-refractivity contribution in [3.05, 3.63) is 12.0 Å². The summed E-state index contributed by atoms with van der Waals surface area (Å²) in [5, 5.41) is 0.176. The van der Waals surface area contributed by atoms with Crippen molar-refractivity contribution in [3.63, 3.8) is 0 Å². The van der Waals surface area contributed by atoms with E-state index >= 15 is 0 Å². The highest BCUT2D eigenvalue weighted by Gasteiger charge is 2.28. The average molecular weight is 285 g/mol. The van der Waals surface area contributed by atoms with Crippen LogP contribution in [-0.4, -0.2) is 24.4 Å². The van der Waals surface area contributed by atoms with E-state index in [4.69, 9.17) is 0 Å². The highest BCUT2D eigenvalue weighted by molar-refractivity contribution is 7.89. The lowest BCUT2D eigenvalue weighted by molar-refractivity contribution is 0.257. The normalized spacial score (nSPS) is 28.5. The van der Waals surface area contributed by atoms with Crippen LogP contribution < -0.4 is 4.72 Å². The van der Waals surface area contributed by atoms with Crippen molar-refractivity contribution < 1.29 is 8.42 Å². The van der Waals surface area contributed by atoms with E-state index in [0.717, 1.165) is 12.8 Å². The number of aromatic amines is 1. The van der Waals surface area contributed by atoms with Crippen LogP contribution in [0, 0.1) is 11.8 Å². The zero-order chi connectivity index (χ0) is 14.0. The molecular formula is C13H23N3O2S. The Labute approximate surface area is 115 Å². The number of imidazole rings is 1. The fourth-order valence-corrected chi connectivity index (χ4v) is 4.19. The van der Waals surface area contributed by atoms with Crippen molar-refractivity contribution in [2.45, 2.75) is 57.5 Å². The van der Waals surface area contributed by atoms with Gasteiger partial charge < -0.3 is 4.98 Å². The van der Waals surface area contributed by atoms with E-state index in [9.17, 15) is 8.42 Å². The lowest BCUT2D eigenvalue weighted by atomic mass is 9.81. The fraction of sp³-hybridized carbons (Fsp3) is 0.769. The number of hydrogen-bond acceptors (Lipinski definition) is 3. The molecule has 2 N–H and O–H groups in total. The molecule has 6 heteroatoms. The monoisotopic (exact) mass is 285 g/mol. The van der Waals surface area contributed by atoms with Crippen molar-refractivity contribution in [1.82, 2.24) is 14.7 Å². The molecule has 1 aliphatic carbocycles.